The van der Waals surface area contributed by atoms with E-state index in [4.69, 9.17) is 10.9 Å². The molecule has 0 aliphatic rings. The van der Waals surface area contributed by atoms with Gasteiger partial charge in [0.15, 0.2) is 5.84 Å². The predicted molar refractivity (Wildman–Crippen MR) is 69.5 cm³/mol. The van der Waals surface area contributed by atoms with Gasteiger partial charge in [-0.05, 0) is 32.4 Å². The largest absolute Gasteiger partial charge is 0.409 e. The molecule has 5 heteroatoms. The van der Waals surface area contributed by atoms with Crippen LogP contribution in [0, 0.1) is 0 Å². The van der Waals surface area contributed by atoms with Gasteiger partial charge in [0.05, 0.1) is 5.69 Å². The Kier molecular flexibility index (Phi) is 4.75. The summed E-state index contributed by atoms with van der Waals surface area (Å²) in [7, 11) is 0. The van der Waals surface area contributed by atoms with E-state index in [-0.39, 0.29) is 5.84 Å². The molecule has 1 rings (SSSR count). The molecule has 0 amide bonds. The summed E-state index contributed by atoms with van der Waals surface area (Å²) in [6.07, 6.45) is 2.67. The number of nitrogens with two attached hydrogens (primary N) is 1. The Hall–Kier alpha value is -1.78. The third-order valence-electron chi connectivity index (χ3n) is 2.53. The quantitative estimate of drug-likeness (QED) is 0.354. The first-order chi connectivity index (χ1) is 8.11. The first-order valence-electron chi connectivity index (χ1n) is 5.81. The molecule has 94 valence electrons. The molecule has 1 aromatic heterocycles. The van der Waals surface area contributed by atoms with Crippen molar-refractivity contribution in [3.05, 3.63) is 24.0 Å². The lowest BCUT2D eigenvalue weighted by Crippen LogP contribution is -2.34. The molecule has 5 nitrogen and oxygen atoms in total. The average molecular weight is 236 g/mol. The molecular weight excluding hydrogens is 216 g/mol. The van der Waals surface area contributed by atoms with E-state index in [9.17, 15) is 0 Å². The van der Waals surface area contributed by atoms with Crippen LogP contribution >= 0.6 is 0 Å². The highest BCUT2D eigenvalue weighted by Gasteiger charge is 2.16. The second-order valence-corrected chi connectivity index (χ2v) is 4.14. The maximum absolute atomic E-state index is 8.77. The van der Waals surface area contributed by atoms with Crippen molar-refractivity contribution in [3.8, 4) is 0 Å². The molecular formula is C12H20N4O. The van der Waals surface area contributed by atoms with Crippen molar-refractivity contribution >= 4 is 11.5 Å². The normalized spacial score (nSPS) is 11.9. The van der Waals surface area contributed by atoms with Gasteiger partial charge >= 0.3 is 0 Å². The number of aromatic nitrogens is 1. The zero-order chi connectivity index (χ0) is 12.8. The summed E-state index contributed by atoms with van der Waals surface area (Å²) in [6, 6.07) is 4.13. The number of hydrogen-bond acceptors (Lipinski definition) is 4. The van der Waals surface area contributed by atoms with E-state index in [1.165, 1.54) is 0 Å². The van der Waals surface area contributed by atoms with E-state index in [0.29, 0.717) is 11.7 Å². The van der Waals surface area contributed by atoms with Crippen molar-refractivity contribution in [2.24, 2.45) is 10.9 Å². The summed E-state index contributed by atoms with van der Waals surface area (Å²) in [4.78, 5) is 6.37. The number of anilines is 1. The van der Waals surface area contributed by atoms with Gasteiger partial charge in [-0.3, -0.25) is 4.98 Å². The molecule has 0 aliphatic carbocycles. The standard InChI is InChI=1S/C12H20N4O/c1-4-8-16(9(2)3)10-6-5-7-14-11(10)12(13)15-17/h5-7,9,17H,4,8H2,1-3H3,(H2,13,15). The van der Waals surface area contributed by atoms with Gasteiger partial charge in [0, 0.05) is 18.8 Å². The van der Waals surface area contributed by atoms with Crippen LogP contribution in [0.3, 0.4) is 0 Å². The Morgan fingerprint density at radius 2 is 2.29 bits per heavy atom. The lowest BCUT2D eigenvalue weighted by atomic mass is 10.2. The monoisotopic (exact) mass is 236 g/mol. The number of oxime groups is 1. The lowest BCUT2D eigenvalue weighted by Gasteiger charge is -2.29. The number of pyridine rings is 1. The van der Waals surface area contributed by atoms with Gasteiger partial charge in [0.2, 0.25) is 0 Å². The van der Waals surface area contributed by atoms with E-state index in [2.05, 4.69) is 35.8 Å². The zero-order valence-corrected chi connectivity index (χ0v) is 10.6. The highest BCUT2D eigenvalue weighted by atomic mass is 16.4. The van der Waals surface area contributed by atoms with Crippen LogP contribution in [0.1, 0.15) is 32.9 Å². The minimum absolute atomic E-state index is 0.0438. The van der Waals surface area contributed by atoms with Crippen molar-refractivity contribution in [2.45, 2.75) is 33.2 Å². The first kappa shape index (κ1) is 13.3. The minimum atomic E-state index is 0.0438. The molecule has 0 bridgehead atoms. The van der Waals surface area contributed by atoms with Crippen LogP contribution in [-0.4, -0.2) is 28.6 Å². The second kappa shape index (κ2) is 6.08. The summed E-state index contributed by atoms with van der Waals surface area (Å²) in [6.45, 7) is 7.25. The lowest BCUT2D eigenvalue weighted by molar-refractivity contribution is 0.318. The third-order valence-corrected chi connectivity index (χ3v) is 2.53. The molecule has 3 N–H and O–H groups in total. The van der Waals surface area contributed by atoms with Crippen LogP contribution in [0.4, 0.5) is 5.69 Å². The summed E-state index contributed by atoms with van der Waals surface area (Å²) < 4.78 is 0. The van der Waals surface area contributed by atoms with Gasteiger partial charge < -0.3 is 15.8 Å². The van der Waals surface area contributed by atoms with Crippen LogP contribution < -0.4 is 10.6 Å². The van der Waals surface area contributed by atoms with E-state index >= 15 is 0 Å². The Morgan fingerprint density at radius 3 is 2.82 bits per heavy atom. The maximum Gasteiger partial charge on any atom is 0.190 e. The van der Waals surface area contributed by atoms with Gasteiger partial charge in [0.1, 0.15) is 5.69 Å². The Labute approximate surface area is 102 Å². The Bertz CT molecular complexity index is 390. The molecule has 0 fully saturated rings. The van der Waals surface area contributed by atoms with Gasteiger partial charge in [0.25, 0.3) is 0 Å². The molecule has 1 aromatic rings. The smallest absolute Gasteiger partial charge is 0.190 e. The van der Waals surface area contributed by atoms with Gasteiger partial charge in [-0.1, -0.05) is 12.1 Å². The number of hydrogen-bond donors (Lipinski definition) is 2. The number of nitrogens with zero attached hydrogens (tertiary/aromatic N) is 3. The Balaban J connectivity index is 3.18. The number of rotatable bonds is 5. The summed E-state index contributed by atoms with van der Waals surface area (Å²) >= 11 is 0. The SMILES string of the molecule is CCCN(c1cccnc1/C(N)=N/O)C(C)C. The first-order valence-corrected chi connectivity index (χ1v) is 5.81. The van der Waals surface area contributed by atoms with Crippen LogP contribution in [-0.2, 0) is 0 Å². The number of amidine groups is 1. The van der Waals surface area contributed by atoms with Gasteiger partial charge in [-0.15, -0.1) is 0 Å². The van der Waals surface area contributed by atoms with Crippen molar-refractivity contribution in [1.82, 2.24) is 4.98 Å². The van der Waals surface area contributed by atoms with Crippen molar-refractivity contribution in [2.75, 3.05) is 11.4 Å². The Morgan fingerprint density at radius 1 is 1.59 bits per heavy atom. The molecule has 0 radical (unpaired) electrons. The summed E-state index contributed by atoms with van der Waals surface area (Å²) in [5.74, 6) is 0.0438. The predicted octanol–water partition coefficient (Wildman–Crippen LogP) is 1.80. The molecule has 1 heterocycles. The molecule has 0 unspecified atom stereocenters. The third kappa shape index (κ3) is 3.09. The average Bonchev–Trinajstić information content (AvgIpc) is 2.34. The van der Waals surface area contributed by atoms with Crippen LogP contribution in [0.5, 0.6) is 0 Å². The van der Waals surface area contributed by atoms with Crippen molar-refractivity contribution in [1.29, 1.82) is 0 Å². The molecule has 0 atom stereocenters. The fraction of sp³-hybridized carbons (Fsp3) is 0.500. The van der Waals surface area contributed by atoms with Gasteiger partial charge in [-0.25, -0.2) is 0 Å². The van der Waals surface area contributed by atoms with Crippen LogP contribution in [0.15, 0.2) is 23.5 Å². The summed E-state index contributed by atoms with van der Waals surface area (Å²) in [5.41, 5.74) is 7.07. The highest BCUT2D eigenvalue weighted by Crippen LogP contribution is 2.20. The summed E-state index contributed by atoms with van der Waals surface area (Å²) in [5, 5.41) is 11.8. The molecule has 0 spiro atoms. The highest BCUT2D eigenvalue weighted by molar-refractivity contribution is 6.00. The fourth-order valence-electron chi connectivity index (χ4n) is 1.77. The second-order valence-electron chi connectivity index (χ2n) is 4.14. The minimum Gasteiger partial charge on any atom is -0.409 e. The van der Waals surface area contributed by atoms with Crippen molar-refractivity contribution in [3.63, 3.8) is 0 Å². The van der Waals surface area contributed by atoms with Crippen molar-refractivity contribution < 1.29 is 5.21 Å². The van der Waals surface area contributed by atoms with Gasteiger partial charge in [-0.2, -0.15) is 0 Å². The van der Waals surface area contributed by atoms with E-state index < -0.39 is 0 Å². The maximum atomic E-state index is 8.77. The molecule has 0 saturated heterocycles. The van der Waals surface area contributed by atoms with E-state index in [0.717, 1.165) is 18.7 Å². The fourth-order valence-corrected chi connectivity index (χ4v) is 1.77. The molecule has 0 aromatic carbocycles. The molecule has 17 heavy (non-hydrogen) atoms. The zero-order valence-electron chi connectivity index (χ0n) is 10.6. The molecule has 0 aliphatic heterocycles. The molecule has 0 saturated carbocycles. The van der Waals surface area contributed by atoms with Crippen LogP contribution in [0.25, 0.3) is 0 Å². The van der Waals surface area contributed by atoms with E-state index in [1.54, 1.807) is 6.20 Å². The topological polar surface area (TPSA) is 74.7 Å². The van der Waals surface area contributed by atoms with Crippen LogP contribution in [0.2, 0.25) is 0 Å². The van der Waals surface area contributed by atoms with E-state index in [1.807, 2.05) is 12.1 Å².